The summed E-state index contributed by atoms with van der Waals surface area (Å²) in [5, 5.41) is 12.4. The zero-order valence-electron chi connectivity index (χ0n) is 12.1. The Bertz CT molecular complexity index is 382. The van der Waals surface area contributed by atoms with Gasteiger partial charge in [-0.25, -0.2) is 4.39 Å². The normalized spacial score (nSPS) is 11.5. The van der Waals surface area contributed by atoms with Crippen LogP contribution in [-0.4, -0.2) is 36.2 Å². The van der Waals surface area contributed by atoms with Gasteiger partial charge in [0.15, 0.2) is 11.6 Å². The van der Waals surface area contributed by atoms with E-state index in [1.54, 1.807) is 6.07 Å². The Morgan fingerprint density at radius 1 is 1.32 bits per heavy atom. The van der Waals surface area contributed by atoms with Crippen LogP contribution >= 0.6 is 0 Å². The number of benzene rings is 1. The van der Waals surface area contributed by atoms with E-state index < -0.39 is 5.82 Å². The second-order valence-corrected chi connectivity index (χ2v) is 5.24. The minimum Gasteiger partial charge on any atom is -0.505 e. The van der Waals surface area contributed by atoms with Crippen molar-refractivity contribution in [1.29, 1.82) is 0 Å². The summed E-state index contributed by atoms with van der Waals surface area (Å²) in [5.74, 6) is -0.849. The van der Waals surface area contributed by atoms with Crippen molar-refractivity contribution in [2.24, 2.45) is 0 Å². The highest BCUT2D eigenvalue weighted by Gasteiger charge is 2.03. The summed E-state index contributed by atoms with van der Waals surface area (Å²) < 4.78 is 13.1. The third-order valence-electron chi connectivity index (χ3n) is 3.34. The van der Waals surface area contributed by atoms with Gasteiger partial charge in [-0.15, -0.1) is 0 Å². The van der Waals surface area contributed by atoms with Gasteiger partial charge in [-0.05, 0) is 64.5 Å². The van der Waals surface area contributed by atoms with Gasteiger partial charge in [-0.3, -0.25) is 0 Å². The molecule has 0 saturated heterocycles. The molecule has 1 aromatic rings. The highest BCUT2D eigenvalue weighted by Crippen LogP contribution is 2.15. The van der Waals surface area contributed by atoms with Gasteiger partial charge in [-0.1, -0.05) is 6.07 Å². The fourth-order valence-corrected chi connectivity index (χ4v) is 1.76. The first-order chi connectivity index (χ1) is 9.00. The lowest BCUT2D eigenvalue weighted by Crippen LogP contribution is -2.27. The maximum Gasteiger partial charge on any atom is 0.165 e. The average Bonchev–Trinajstić information content (AvgIpc) is 2.37. The molecular weight excluding hydrogens is 243 g/mol. The topological polar surface area (TPSA) is 35.5 Å². The lowest BCUT2D eigenvalue weighted by molar-refractivity contribution is 0.268. The van der Waals surface area contributed by atoms with Crippen molar-refractivity contribution in [2.75, 3.05) is 20.1 Å². The molecule has 0 radical (unpaired) electrons. The molecular formula is C15H25FN2O. The lowest BCUT2D eigenvalue weighted by Gasteiger charge is -2.20. The van der Waals surface area contributed by atoms with Crippen molar-refractivity contribution in [3.63, 3.8) is 0 Å². The van der Waals surface area contributed by atoms with Crippen LogP contribution in [0.2, 0.25) is 0 Å². The first-order valence-electron chi connectivity index (χ1n) is 6.89. The average molecular weight is 268 g/mol. The fraction of sp³-hybridized carbons (Fsp3) is 0.600. The monoisotopic (exact) mass is 268 g/mol. The van der Waals surface area contributed by atoms with Crippen LogP contribution in [-0.2, 0) is 6.54 Å². The Morgan fingerprint density at radius 2 is 2.05 bits per heavy atom. The molecule has 0 aromatic heterocycles. The van der Waals surface area contributed by atoms with E-state index >= 15 is 0 Å². The Kier molecular flexibility index (Phi) is 6.81. The molecule has 0 amide bonds. The van der Waals surface area contributed by atoms with Crippen LogP contribution in [0.25, 0.3) is 0 Å². The quantitative estimate of drug-likeness (QED) is 0.712. The molecule has 0 aliphatic rings. The molecule has 19 heavy (non-hydrogen) atoms. The summed E-state index contributed by atoms with van der Waals surface area (Å²) in [6, 6.07) is 5.09. The Labute approximate surface area is 115 Å². The minimum absolute atomic E-state index is 0.291. The summed E-state index contributed by atoms with van der Waals surface area (Å²) in [5.41, 5.74) is 0.856. The number of nitrogens with one attached hydrogen (secondary N) is 1. The Morgan fingerprint density at radius 3 is 2.68 bits per heavy atom. The molecule has 0 spiro atoms. The van der Waals surface area contributed by atoms with E-state index in [0.717, 1.165) is 31.5 Å². The number of aromatic hydroxyl groups is 1. The summed E-state index contributed by atoms with van der Waals surface area (Å²) >= 11 is 0. The second kappa shape index (κ2) is 8.12. The molecule has 108 valence electrons. The molecule has 3 nitrogen and oxygen atoms in total. The highest BCUT2D eigenvalue weighted by atomic mass is 19.1. The number of hydrogen-bond acceptors (Lipinski definition) is 3. The van der Waals surface area contributed by atoms with Crippen LogP contribution in [0, 0.1) is 5.82 Å². The Balaban J connectivity index is 2.12. The molecule has 0 aliphatic heterocycles. The minimum atomic E-state index is -0.558. The fourth-order valence-electron chi connectivity index (χ4n) is 1.76. The van der Waals surface area contributed by atoms with Gasteiger partial charge in [0.25, 0.3) is 0 Å². The standard InChI is InChI=1S/C15H25FN2O/c1-12(2)18(3)9-5-4-8-17-11-13-6-7-15(19)14(16)10-13/h6-7,10,12,17,19H,4-5,8-9,11H2,1-3H3. The van der Waals surface area contributed by atoms with Crippen LogP contribution in [0.3, 0.4) is 0 Å². The van der Waals surface area contributed by atoms with Crippen molar-refractivity contribution in [2.45, 2.75) is 39.3 Å². The van der Waals surface area contributed by atoms with Crippen molar-refractivity contribution in [3.8, 4) is 5.75 Å². The van der Waals surface area contributed by atoms with Gasteiger partial charge in [0.2, 0.25) is 0 Å². The second-order valence-electron chi connectivity index (χ2n) is 5.24. The summed E-state index contributed by atoms with van der Waals surface area (Å²) in [6.07, 6.45) is 2.27. The van der Waals surface area contributed by atoms with Gasteiger partial charge < -0.3 is 15.3 Å². The molecule has 4 heteroatoms. The first kappa shape index (κ1) is 15.9. The number of unbranched alkanes of at least 4 members (excludes halogenated alkanes) is 1. The van der Waals surface area contributed by atoms with Gasteiger partial charge in [-0.2, -0.15) is 0 Å². The lowest BCUT2D eigenvalue weighted by atomic mass is 10.2. The third-order valence-corrected chi connectivity index (χ3v) is 3.34. The van der Waals surface area contributed by atoms with Crippen molar-refractivity contribution in [3.05, 3.63) is 29.6 Å². The molecule has 0 saturated carbocycles. The molecule has 0 atom stereocenters. The number of rotatable bonds is 8. The molecule has 1 rings (SSSR count). The van der Waals surface area contributed by atoms with Gasteiger partial charge in [0.1, 0.15) is 0 Å². The van der Waals surface area contributed by atoms with E-state index in [4.69, 9.17) is 5.11 Å². The van der Waals surface area contributed by atoms with Crippen molar-refractivity contribution in [1.82, 2.24) is 10.2 Å². The predicted molar refractivity (Wildman–Crippen MR) is 76.8 cm³/mol. The number of phenolic OH excluding ortho intramolecular Hbond substituents is 1. The van der Waals surface area contributed by atoms with Crippen molar-refractivity contribution >= 4 is 0 Å². The third kappa shape index (κ3) is 6.03. The smallest absolute Gasteiger partial charge is 0.165 e. The summed E-state index contributed by atoms with van der Waals surface area (Å²) in [6.45, 7) is 7.05. The van der Waals surface area contributed by atoms with Gasteiger partial charge in [0, 0.05) is 12.6 Å². The number of halogens is 1. The van der Waals surface area contributed by atoms with E-state index in [1.165, 1.54) is 12.1 Å². The van der Waals surface area contributed by atoms with Crippen LogP contribution in [0.4, 0.5) is 4.39 Å². The summed E-state index contributed by atoms with van der Waals surface area (Å²) in [4.78, 5) is 2.33. The van der Waals surface area contributed by atoms with E-state index in [2.05, 4.69) is 31.1 Å². The summed E-state index contributed by atoms with van der Waals surface area (Å²) in [7, 11) is 2.14. The molecule has 1 aromatic carbocycles. The SMILES string of the molecule is CC(C)N(C)CCCCNCc1ccc(O)c(F)c1. The predicted octanol–water partition coefficient (Wildman–Crippen LogP) is 2.74. The first-order valence-corrected chi connectivity index (χ1v) is 6.89. The Hall–Kier alpha value is -1.13. The van der Waals surface area contributed by atoms with E-state index in [-0.39, 0.29) is 5.75 Å². The van der Waals surface area contributed by atoms with E-state index in [0.29, 0.717) is 12.6 Å². The largest absolute Gasteiger partial charge is 0.505 e. The van der Waals surface area contributed by atoms with Crippen LogP contribution in [0.1, 0.15) is 32.3 Å². The maximum atomic E-state index is 13.1. The molecule has 0 unspecified atom stereocenters. The van der Waals surface area contributed by atoms with Crippen LogP contribution in [0.15, 0.2) is 18.2 Å². The van der Waals surface area contributed by atoms with Gasteiger partial charge in [0.05, 0.1) is 0 Å². The van der Waals surface area contributed by atoms with Crippen molar-refractivity contribution < 1.29 is 9.50 Å². The van der Waals surface area contributed by atoms with Gasteiger partial charge >= 0.3 is 0 Å². The van der Waals surface area contributed by atoms with Crippen LogP contribution in [0.5, 0.6) is 5.75 Å². The maximum absolute atomic E-state index is 13.1. The number of hydrogen-bond donors (Lipinski definition) is 2. The number of phenols is 1. The molecule has 0 bridgehead atoms. The molecule has 2 N–H and O–H groups in total. The molecule has 0 aliphatic carbocycles. The van der Waals surface area contributed by atoms with E-state index in [9.17, 15) is 4.39 Å². The zero-order chi connectivity index (χ0) is 14.3. The highest BCUT2D eigenvalue weighted by molar-refractivity contribution is 5.27. The zero-order valence-corrected chi connectivity index (χ0v) is 12.1. The molecule has 0 heterocycles. The van der Waals surface area contributed by atoms with Crippen LogP contribution < -0.4 is 5.32 Å². The van der Waals surface area contributed by atoms with E-state index in [1.807, 2.05) is 0 Å². The molecule has 0 fully saturated rings. The number of nitrogens with zero attached hydrogens (tertiary/aromatic N) is 1.